The van der Waals surface area contributed by atoms with Crippen molar-refractivity contribution in [1.29, 1.82) is 0 Å². The second-order valence-corrected chi connectivity index (χ2v) is 7.30. The molecule has 2 N–H and O–H groups in total. The number of nitrogens with one attached hydrogen (secondary N) is 2. The minimum Gasteiger partial charge on any atom is -0.462 e. The number of hydrogen-bond donors (Lipinski definition) is 2. The molecular weight excluding hydrogens is 354 g/mol. The van der Waals surface area contributed by atoms with Crippen LogP contribution in [0.25, 0.3) is 0 Å². The standard InChI is InChI=1S/C22H29N3O3/c1-4-28-22(27)19-15(2)20(23-16(19)3)21(26)24-18-9-7-17(8-10-18)11-14-25-12-5-6-13-25/h7-10,23H,4-6,11-14H2,1-3H3,(H,24,26). The third-order valence-corrected chi connectivity index (χ3v) is 5.27. The van der Waals surface area contributed by atoms with Crippen LogP contribution in [-0.4, -0.2) is 48.0 Å². The molecule has 1 fully saturated rings. The van der Waals surface area contributed by atoms with Gasteiger partial charge in [0.25, 0.3) is 5.91 Å². The van der Waals surface area contributed by atoms with Crippen LogP contribution in [0.3, 0.4) is 0 Å². The molecule has 3 rings (SSSR count). The Balaban J connectivity index is 1.63. The molecule has 1 amide bonds. The van der Waals surface area contributed by atoms with Gasteiger partial charge in [0.15, 0.2) is 0 Å². The van der Waals surface area contributed by atoms with Crippen molar-refractivity contribution < 1.29 is 14.3 Å². The number of benzene rings is 1. The lowest BCUT2D eigenvalue weighted by Gasteiger charge is -2.14. The first kappa shape index (κ1) is 20.1. The maximum absolute atomic E-state index is 12.7. The van der Waals surface area contributed by atoms with Crippen molar-refractivity contribution in [1.82, 2.24) is 9.88 Å². The molecule has 0 aliphatic carbocycles. The van der Waals surface area contributed by atoms with E-state index in [1.54, 1.807) is 20.8 Å². The van der Waals surface area contributed by atoms with Crippen molar-refractivity contribution in [3.8, 4) is 0 Å². The lowest BCUT2D eigenvalue weighted by molar-refractivity contribution is 0.0525. The monoisotopic (exact) mass is 383 g/mol. The van der Waals surface area contributed by atoms with Gasteiger partial charge in [-0.2, -0.15) is 0 Å². The number of carbonyl (C=O) groups excluding carboxylic acids is 2. The topological polar surface area (TPSA) is 74.4 Å². The number of aryl methyl sites for hydroxylation is 1. The van der Waals surface area contributed by atoms with E-state index in [1.807, 2.05) is 12.1 Å². The molecule has 0 saturated carbocycles. The summed E-state index contributed by atoms with van der Waals surface area (Å²) in [5, 5.41) is 2.90. The van der Waals surface area contributed by atoms with Gasteiger partial charge in [-0.1, -0.05) is 12.1 Å². The van der Waals surface area contributed by atoms with E-state index >= 15 is 0 Å². The highest BCUT2D eigenvalue weighted by atomic mass is 16.5. The molecule has 2 heterocycles. The predicted molar refractivity (Wildman–Crippen MR) is 110 cm³/mol. The normalized spacial score (nSPS) is 14.2. The van der Waals surface area contributed by atoms with E-state index in [0.717, 1.165) is 18.7 Å². The Morgan fingerprint density at radius 1 is 1.14 bits per heavy atom. The second-order valence-electron chi connectivity index (χ2n) is 7.30. The molecule has 1 aliphatic heterocycles. The van der Waals surface area contributed by atoms with Gasteiger partial charge in [0.2, 0.25) is 0 Å². The number of esters is 1. The highest BCUT2D eigenvalue weighted by molar-refractivity contribution is 6.06. The number of hydrogen-bond acceptors (Lipinski definition) is 4. The van der Waals surface area contributed by atoms with E-state index in [0.29, 0.717) is 29.1 Å². The summed E-state index contributed by atoms with van der Waals surface area (Å²) in [6.45, 7) is 9.08. The van der Waals surface area contributed by atoms with Crippen LogP contribution in [-0.2, 0) is 11.2 Å². The molecular formula is C22H29N3O3. The van der Waals surface area contributed by atoms with E-state index in [9.17, 15) is 9.59 Å². The molecule has 1 aromatic heterocycles. The van der Waals surface area contributed by atoms with Crippen LogP contribution < -0.4 is 5.32 Å². The fraction of sp³-hybridized carbons (Fsp3) is 0.455. The Labute approximate surface area is 166 Å². The number of ether oxygens (including phenoxy) is 1. The molecule has 28 heavy (non-hydrogen) atoms. The third-order valence-electron chi connectivity index (χ3n) is 5.27. The first-order chi connectivity index (χ1) is 13.5. The van der Waals surface area contributed by atoms with Crippen LogP contribution >= 0.6 is 0 Å². The summed E-state index contributed by atoms with van der Waals surface area (Å²) in [4.78, 5) is 30.3. The predicted octanol–water partition coefficient (Wildman–Crippen LogP) is 3.70. The van der Waals surface area contributed by atoms with Gasteiger partial charge in [0, 0.05) is 17.9 Å². The van der Waals surface area contributed by atoms with E-state index in [4.69, 9.17) is 4.74 Å². The summed E-state index contributed by atoms with van der Waals surface area (Å²) >= 11 is 0. The van der Waals surface area contributed by atoms with Crippen LogP contribution in [0.5, 0.6) is 0 Å². The minimum atomic E-state index is -0.407. The van der Waals surface area contributed by atoms with E-state index in [-0.39, 0.29) is 5.91 Å². The first-order valence-electron chi connectivity index (χ1n) is 9.98. The second kappa shape index (κ2) is 9.06. The number of carbonyl (C=O) groups is 2. The van der Waals surface area contributed by atoms with Gasteiger partial charge in [0.1, 0.15) is 5.69 Å². The lowest BCUT2D eigenvalue weighted by atomic mass is 10.1. The Hall–Kier alpha value is -2.60. The Morgan fingerprint density at radius 2 is 1.82 bits per heavy atom. The fourth-order valence-electron chi connectivity index (χ4n) is 3.73. The summed E-state index contributed by atoms with van der Waals surface area (Å²) in [5.41, 5.74) is 4.07. The molecule has 0 atom stereocenters. The number of likely N-dealkylation sites (tertiary alicyclic amines) is 1. The molecule has 0 radical (unpaired) electrons. The number of rotatable bonds is 7. The molecule has 2 aromatic rings. The number of aromatic nitrogens is 1. The summed E-state index contributed by atoms with van der Waals surface area (Å²) in [7, 11) is 0. The number of anilines is 1. The maximum atomic E-state index is 12.7. The van der Waals surface area contributed by atoms with Crippen LogP contribution in [0.1, 0.15) is 57.4 Å². The Kier molecular flexibility index (Phi) is 6.52. The largest absolute Gasteiger partial charge is 0.462 e. The summed E-state index contributed by atoms with van der Waals surface area (Å²) in [6.07, 6.45) is 3.63. The van der Waals surface area contributed by atoms with Crippen LogP contribution in [0.15, 0.2) is 24.3 Å². The summed E-state index contributed by atoms with van der Waals surface area (Å²) < 4.78 is 5.08. The fourth-order valence-corrected chi connectivity index (χ4v) is 3.73. The van der Waals surface area contributed by atoms with Crippen molar-refractivity contribution in [2.75, 3.05) is 31.6 Å². The van der Waals surface area contributed by atoms with Crippen molar-refractivity contribution in [3.63, 3.8) is 0 Å². The quantitative estimate of drug-likeness (QED) is 0.715. The number of amides is 1. The lowest BCUT2D eigenvalue weighted by Crippen LogP contribution is -2.21. The van der Waals surface area contributed by atoms with Crippen molar-refractivity contribution >= 4 is 17.6 Å². The molecule has 6 heteroatoms. The zero-order valence-corrected chi connectivity index (χ0v) is 16.9. The molecule has 150 valence electrons. The molecule has 0 unspecified atom stereocenters. The molecule has 0 spiro atoms. The number of H-pyrrole nitrogens is 1. The van der Waals surface area contributed by atoms with Crippen LogP contribution in [0, 0.1) is 13.8 Å². The van der Waals surface area contributed by atoms with E-state index < -0.39 is 5.97 Å². The van der Waals surface area contributed by atoms with Crippen molar-refractivity contribution in [2.45, 2.75) is 40.0 Å². The van der Waals surface area contributed by atoms with Gasteiger partial charge in [-0.25, -0.2) is 4.79 Å². The van der Waals surface area contributed by atoms with Crippen LogP contribution in [0.2, 0.25) is 0 Å². The van der Waals surface area contributed by atoms with Crippen molar-refractivity contribution in [3.05, 3.63) is 52.3 Å². The van der Waals surface area contributed by atoms with Gasteiger partial charge in [-0.05, 0) is 76.4 Å². The van der Waals surface area contributed by atoms with Crippen molar-refractivity contribution in [2.24, 2.45) is 0 Å². The SMILES string of the molecule is CCOC(=O)c1c(C)[nH]c(C(=O)Nc2ccc(CCN3CCCC3)cc2)c1C. The minimum absolute atomic E-state index is 0.263. The average molecular weight is 383 g/mol. The smallest absolute Gasteiger partial charge is 0.340 e. The van der Waals surface area contributed by atoms with E-state index in [1.165, 1.54) is 31.5 Å². The summed E-state index contributed by atoms with van der Waals surface area (Å²) in [6, 6.07) is 7.97. The first-order valence-corrected chi connectivity index (χ1v) is 9.98. The number of aromatic amines is 1. The van der Waals surface area contributed by atoms with Gasteiger partial charge in [-0.15, -0.1) is 0 Å². The van der Waals surface area contributed by atoms with Gasteiger partial charge in [-0.3, -0.25) is 4.79 Å². The number of nitrogens with zero attached hydrogens (tertiary/aromatic N) is 1. The maximum Gasteiger partial charge on any atom is 0.340 e. The molecule has 1 aromatic carbocycles. The Morgan fingerprint density at radius 3 is 2.46 bits per heavy atom. The van der Waals surface area contributed by atoms with E-state index in [2.05, 4.69) is 27.3 Å². The van der Waals surface area contributed by atoms with Crippen LogP contribution in [0.4, 0.5) is 5.69 Å². The van der Waals surface area contributed by atoms with Gasteiger partial charge in [0.05, 0.1) is 12.2 Å². The summed E-state index contributed by atoms with van der Waals surface area (Å²) in [5.74, 6) is -0.670. The molecule has 0 bridgehead atoms. The Bertz CT molecular complexity index is 833. The highest BCUT2D eigenvalue weighted by Crippen LogP contribution is 2.21. The molecule has 1 aliphatic rings. The zero-order chi connectivity index (χ0) is 20.1. The average Bonchev–Trinajstić information content (AvgIpc) is 3.29. The van der Waals surface area contributed by atoms with Gasteiger partial charge >= 0.3 is 5.97 Å². The zero-order valence-electron chi connectivity index (χ0n) is 16.9. The molecule has 6 nitrogen and oxygen atoms in total. The molecule has 1 saturated heterocycles. The third kappa shape index (κ3) is 4.62. The highest BCUT2D eigenvalue weighted by Gasteiger charge is 2.22. The van der Waals surface area contributed by atoms with Gasteiger partial charge < -0.3 is 19.9 Å².